The summed E-state index contributed by atoms with van der Waals surface area (Å²) in [6, 6.07) is 7.92. The van der Waals surface area contributed by atoms with Gasteiger partial charge >= 0.3 is 6.09 Å². The molecular formula is C19H29N3O3. The first-order chi connectivity index (χ1) is 11.6. The number of rotatable bonds is 4. The molecule has 1 aromatic rings. The summed E-state index contributed by atoms with van der Waals surface area (Å²) < 4.78 is 5.27. The Morgan fingerprint density at radius 3 is 2.44 bits per heavy atom. The maximum atomic E-state index is 12.1. The van der Waals surface area contributed by atoms with Crippen LogP contribution in [-0.4, -0.2) is 55.2 Å². The summed E-state index contributed by atoms with van der Waals surface area (Å²) in [5, 5.41) is 2.84. The molecule has 2 amide bonds. The van der Waals surface area contributed by atoms with Crippen LogP contribution >= 0.6 is 0 Å². The fraction of sp³-hybridized carbons (Fsp3) is 0.579. The van der Waals surface area contributed by atoms with Gasteiger partial charge in [-0.3, -0.25) is 9.69 Å². The summed E-state index contributed by atoms with van der Waals surface area (Å²) in [5.74, 6) is 0.126. The van der Waals surface area contributed by atoms with Gasteiger partial charge in [-0.15, -0.1) is 0 Å². The van der Waals surface area contributed by atoms with Crippen molar-refractivity contribution in [1.82, 2.24) is 10.2 Å². The van der Waals surface area contributed by atoms with E-state index in [4.69, 9.17) is 4.74 Å². The molecule has 6 nitrogen and oxygen atoms in total. The summed E-state index contributed by atoms with van der Waals surface area (Å²) >= 11 is 0. The van der Waals surface area contributed by atoms with Crippen LogP contribution in [0.3, 0.4) is 0 Å². The van der Waals surface area contributed by atoms with Crippen LogP contribution in [-0.2, 0) is 16.0 Å². The quantitative estimate of drug-likeness (QED) is 0.909. The van der Waals surface area contributed by atoms with Gasteiger partial charge < -0.3 is 15.0 Å². The molecule has 0 aliphatic carbocycles. The van der Waals surface area contributed by atoms with Crippen LogP contribution in [0.5, 0.6) is 0 Å². The van der Waals surface area contributed by atoms with Crippen LogP contribution in [0.2, 0.25) is 0 Å². The molecule has 6 heteroatoms. The third kappa shape index (κ3) is 6.05. The molecule has 25 heavy (non-hydrogen) atoms. The minimum atomic E-state index is -0.500. The van der Waals surface area contributed by atoms with Gasteiger partial charge in [0.05, 0.1) is 6.54 Å². The van der Waals surface area contributed by atoms with Gasteiger partial charge in [0.2, 0.25) is 5.91 Å². The van der Waals surface area contributed by atoms with Gasteiger partial charge in [0.15, 0.2) is 0 Å². The Hall–Kier alpha value is -2.08. The zero-order chi connectivity index (χ0) is 18.6. The van der Waals surface area contributed by atoms with E-state index in [1.165, 1.54) is 0 Å². The van der Waals surface area contributed by atoms with Gasteiger partial charge in [-0.2, -0.15) is 0 Å². The predicted octanol–water partition coefficient (Wildman–Crippen LogP) is 2.42. The lowest BCUT2D eigenvalue weighted by Gasteiger charge is -2.32. The van der Waals surface area contributed by atoms with Crippen molar-refractivity contribution in [2.24, 2.45) is 0 Å². The first kappa shape index (κ1) is 19.2. The van der Waals surface area contributed by atoms with Crippen molar-refractivity contribution < 1.29 is 14.3 Å². The van der Waals surface area contributed by atoms with Crippen LogP contribution < -0.4 is 10.2 Å². The van der Waals surface area contributed by atoms with Crippen molar-refractivity contribution in [3.63, 3.8) is 0 Å². The summed E-state index contributed by atoms with van der Waals surface area (Å²) in [5.41, 5.74) is 1.53. The van der Waals surface area contributed by atoms with E-state index >= 15 is 0 Å². The smallest absolute Gasteiger partial charge is 0.407 e. The SMILES string of the molecule is CC(Cc1ccc(N2CCN(C)CC2=O)cc1)NC(=O)OC(C)(C)C. The summed E-state index contributed by atoms with van der Waals surface area (Å²) in [7, 11) is 1.96. The monoisotopic (exact) mass is 347 g/mol. The van der Waals surface area contributed by atoms with Gasteiger partial charge in [-0.05, 0) is 58.9 Å². The number of anilines is 1. The predicted molar refractivity (Wildman–Crippen MR) is 98.8 cm³/mol. The van der Waals surface area contributed by atoms with Gasteiger partial charge in [-0.25, -0.2) is 4.79 Å². The maximum Gasteiger partial charge on any atom is 0.407 e. The number of hydrogen-bond donors (Lipinski definition) is 1. The summed E-state index contributed by atoms with van der Waals surface area (Å²) in [6.07, 6.45) is 0.301. The van der Waals surface area contributed by atoms with E-state index in [-0.39, 0.29) is 11.9 Å². The Bertz CT molecular complexity index is 607. The molecule has 0 radical (unpaired) electrons. The second-order valence-corrected chi connectivity index (χ2v) is 7.70. The molecule has 1 aliphatic heterocycles. The summed E-state index contributed by atoms with van der Waals surface area (Å²) in [6.45, 7) is 9.52. The fourth-order valence-corrected chi connectivity index (χ4v) is 2.79. The molecule has 1 heterocycles. The lowest BCUT2D eigenvalue weighted by molar-refractivity contribution is -0.120. The molecule has 1 fully saturated rings. The van der Waals surface area contributed by atoms with E-state index in [1.807, 2.05) is 68.8 Å². The van der Waals surface area contributed by atoms with E-state index in [2.05, 4.69) is 5.32 Å². The topological polar surface area (TPSA) is 61.9 Å². The number of piperazine rings is 1. The number of ether oxygens (including phenoxy) is 1. The molecule has 0 saturated carbocycles. The molecule has 0 aromatic heterocycles. The van der Waals surface area contributed by atoms with Crippen molar-refractivity contribution in [2.75, 3.05) is 31.6 Å². The molecule has 1 aliphatic rings. The van der Waals surface area contributed by atoms with Crippen molar-refractivity contribution in [3.05, 3.63) is 29.8 Å². The van der Waals surface area contributed by atoms with E-state index in [0.717, 1.165) is 17.8 Å². The Kier molecular flexibility index (Phi) is 6.06. The van der Waals surface area contributed by atoms with Crippen molar-refractivity contribution in [3.8, 4) is 0 Å². The lowest BCUT2D eigenvalue weighted by Crippen LogP contribution is -2.48. The van der Waals surface area contributed by atoms with Gasteiger partial charge in [-0.1, -0.05) is 12.1 Å². The zero-order valence-electron chi connectivity index (χ0n) is 15.8. The second kappa shape index (κ2) is 7.87. The van der Waals surface area contributed by atoms with Crippen molar-refractivity contribution in [1.29, 1.82) is 0 Å². The molecule has 138 valence electrons. The van der Waals surface area contributed by atoms with Crippen molar-refractivity contribution in [2.45, 2.75) is 45.8 Å². The molecule has 2 rings (SSSR count). The average Bonchev–Trinajstić information content (AvgIpc) is 2.46. The Labute approximate surface area is 150 Å². The Morgan fingerprint density at radius 1 is 1.24 bits per heavy atom. The first-order valence-electron chi connectivity index (χ1n) is 8.71. The highest BCUT2D eigenvalue weighted by Crippen LogP contribution is 2.18. The highest BCUT2D eigenvalue weighted by Gasteiger charge is 2.22. The normalized spacial score (nSPS) is 17.3. The highest BCUT2D eigenvalue weighted by atomic mass is 16.6. The van der Waals surface area contributed by atoms with Crippen LogP contribution in [0.4, 0.5) is 10.5 Å². The number of carbonyl (C=O) groups excluding carboxylic acids is 2. The number of likely N-dealkylation sites (N-methyl/N-ethyl adjacent to an activating group) is 1. The first-order valence-corrected chi connectivity index (χ1v) is 8.71. The number of nitrogens with one attached hydrogen (secondary N) is 1. The fourth-order valence-electron chi connectivity index (χ4n) is 2.79. The van der Waals surface area contributed by atoms with Gasteiger partial charge in [0.1, 0.15) is 5.60 Å². The van der Waals surface area contributed by atoms with E-state index < -0.39 is 11.7 Å². The minimum absolute atomic E-state index is 0.0361. The van der Waals surface area contributed by atoms with Gasteiger partial charge in [0.25, 0.3) is 0 Å². The highest BCUT2D eigenvalue weighted by molar-refractivity contribution is 5.95. The number of carbonyl (C=O) groups is 2. The van der Waals surface area contributed by atoms with Crippen LogP contribution in [0.15, 0.2) is 24.3 Å². The lowest BCUT2D eigenvalue weighted by atomic mass is 10.1. The average molecular weight is 347 g/mol. The largest absolute Gasteiger partial charge is 0.444 e. The second-order valence-electron chi connectivity index (χ2n) is 7.70. The molecule has 1 N–H and O–H groups in total. The molecule has 1 atom stereocenters. The van der Waals surface area contributed by atoms with Gasteiger partial charge in [0, 0.05) is 24.8 Å². The molecule has 0 bridgehead atoms. The number of benzene rings is 1. The molecule has 1 saturated heterocycles. The Balaban J connectivity index is 1.89. The van der Waals surface area contributed by atoms with Crippen LogP contribution in [0.25, 0.3) is 0 Å². The van der Waals surface area contributed by atoms with Crippen LogP contribution in [0.1, 0.15) is 33.3 Å². The standard InChI is InChI=1S/C19H29N3O3/c1-14(20-18(24)25-19(2,3)4)12-15-6-8-16(9-7-15)22-11-10-21(5)13-17(22)23/h6-9,14H,10-13H2,1-5H3,(H,20,24). The van der Waals surface area contributed by atoms with Crippen molar-refractivity contribution >= 4 is 17.7 Å². The third-order valence-corrected chi connectivity index (χ3v) is 3.96. The van der Waals surface area contributed by atoms with E-state index in [1.54, 1.807) is 0 Å². The Morgan fingerprint density at radius 2 is 1.88 bits per heavy atom. The van der Waals surface area contributed by atoms with E-state index in [0.29, 0.717) is 19.5 Å². The number of nitrogens with zero attached hydrogens (tertiary/aromatic N) is 2. The zero-order valence-corrected chi connectivity index (χ0v) is 15.8. The van der Waals surface area contributed by atoms with E-state index in [9.17, 15) is 9.59 Å². The maximum absolute atomic E-state index is 12.1. The number of hydrogen-bond acceptors (Lipinski definition) is 4. The molecule has 1 unspecified atom stereocenters. The number of alkyl carbamates (subject to hydrolysis) is 1. The third-order valence-electron chi connectivity index (χ3n) is 3.96. The summed E-state index contributed by atoms with van der Waals surface area (Å²) in [4.78, 5) is 27.8. The number of amides is 2. The molecule has 0 spiro atoms. The molecule has 1 aromatic carbocycles. The molecular weight excluding hydrogens is 318 g/mol. The van der Waals surface area contributed by atoms with Crippen LogP contribution in [0, 0.1) is 0 Å². The minimum Gasteiger partial charge on any atom is -0.444 e.